The number of alkyl halides is 3. The average Bonchev–Trinajstić information content (AvgIpc) is 3.27. The number of fused-ring (bicyclic) bond motifs is 1. The predicted molar refractivity (Wildman–Crippen MR) is 143 cm³/mol. The molecule has 38 heavy (non-hydrogen) atoms. The minimum Gasteiger partial charge on any atom is -0.508 e. The molecule has 0 amide bonds. The van der Waals surface area contributed by atoms with E-state index in [4.69, 9.17) is 4.74 Å². The van der Waals surface area contributed by atoms with E-state index in [2.05, 4.69) is 21.8 Å². The van der Waals surface area contributed by atoms with Gasteiger partial charge in [-0.3, -0.25) is 9.29 Å². The summed E-state index contributed by atoms with van der Waals surface area (Å²) >= 11 is 0. The molecule has 1 saturated heterocycles. The first-order valence-electron chi connectivity index (χ1n) is 13.2. The van der Waals surface area contributed by atoms with Crippen LogP contribution in [-0.2, 0) is 6.42 Å². The summed E-state index contributed by atoms with van der Waals surface area (Å²) in [4.78, 5) is 2.24. The van der Waals surface area contributed by atoms with Gasteiger partial charge in [0.2, 0.25) is 0 Å². The van der Waals surface area contributed by atoms with E-state index in [0.717, 1.165) is 84.5 Å². The normalized spacial score (nSPS) is 17.9. The Balaban J connectivity index is 1.45. The van der Waals surface area contributed by atoms with Gasteiger partial charge < -0.3 is 14.6 Å². The highest BCUT2D eigenvalue weighted by atomic mass is 19.3. The number of benzene rings is 3. The van der Waals surface area contributed by atoms with E-state index in [0.29, 0.717) is 6.42 Å². The molecule has 2 aliphatic rings. The molecule has 1 atom stereocenters. The van der Waals surface area contributed by atoms with Crippen LogP contribution in [0.15, 0.2) is 66.7 Å². The van der Waals surface area contributed by atoms with Crippen molar-refractivity contribution >= 4 is 11.1 Å². The monoisotopic (exact) mass is 523 g/mol. The quantitative estimate of drug-likeness (QED) is 0.325. The number of aryl methyl sites for hydroxylation is 1. The highest BCUT2D eigenvalue weighted by molar-refractivity contribution is 6.00. The van der Waals surface area contributed by atoms with Crippen LogP contribution < -0.4 is 9.47 Å². The number of aromatic hydroxyl groups is 1. The van der Waals surface area contributed by atoms with Crippen molar-refractivity contribution in [3.05, 3.63) is 89.0 Å². The molecule has 0 saturated carbocycles. The molecule has 0 spiro atoms. The van der Waals surface area contributed by atoms with E-state index < -0.39 is 6.61 Å². The third kappa shape index (κ3) is 6.16. The summed E-state index contributed by atoms with van der Waals surface area (Å²) in [5.41, 5.74) is 6.27. The van der Waals surface area contributed by atoms with Gasteiger partial charge in [-0.05, 0) is 102 Å². The van der Waals surface area contributed by atoms with Crippen LogP contribution in [0.1, 0.15) is 47.9 Å². The van der Waals surface area contributed by atoms with Gasteiger partial charge in [-0.15, -0.1) is 0 Å². The van der Waals surface area contributed by atoms with E-state index >= 15 is 0 Å². The van der Waals surface area contributed by atoms with E-state index in [1.165, 1.54) is 0 Å². The number of hydrogen-bond donors (Lipinski definition) is 1. The first-order chi connectivity index (χ1) is 18.5. The van der Waals surface area contributed by atoms with E-state index in [1.807, 2.05) is 36.4 Å². The Morgan fingerprint density at radius 1 is 0.921 bits per heavy atom. The summed E-state index contributed by atoms with van der Waals surface area (Å²) in [7, 11) is 0. The number of halogens is 3. The summed E-state index contributed by atoms with van der Waals surface area (Å²) in [5.74, 6) is 1.16. The zero-order valence-corrected chi connectivity index (χ0v) is 21.2. The van der Waals surface area contributed by atoms with Crippen LogP contribution in [-0.4, -0.2) is 49.0 Å². The number of allylic oxidation sites excluding steroid dienone is 1. The number of likely N-dealkylation sites (tertiary alicyclic amines) is 1. The maximum atomic E-state index is 12.7. The Morgan fingerprint density at radius 2 is 1.66 bits per heavy atom. The third-order valence-corrected chi connectivity index (χ3v) is 7.24. The summed E-state index contributed by atoms with van der Waals surface area (Å²) in [6.07, 6.45) is 4.09. The van der Waals surface area contributed by atoms with Crippen molar-refractivity contribution in [2.45, 2.75) is 44.8 Å². The predicted octanol–water partition coefficient (Wildman–Crippen LogP) is 7.10. The van der Waals surface area contributed by atoms with Crippen molar-refractivity contribution < 1.29 is 27.8 Å². The van der Waals surface area contributed by atoms with Crippen molar-refractivity contribution in [2.75, 3.05) is 26.3 Å². The maximum absolute atomic E-state index is 12.7. The second-order valence-corrected chi connectivity index (χ2v) is 9.85. The van der Waals surface area contributed by atoms with Crippen LogP contribution in [0.25, 0.3) is 11.1 Å². The molecule has 1 heterocycles. The van der Waals surface area contributed by atoms with Crippen LogP contribution in [0.3, 0.4) is 0 Å². The standard InChI is InChI=1S/C31H32F3NO3/c32-16-2-17-35-18-15-27(20-35)37-25-12-7-22(8-13-25)30-28(21-5-10-26(11-6-21)38-31(33)34)4-1-3-23-19-24(36)9-14-29(23)30/h5-14,19,27,31,36H,1-4,15-18,20H2/t27-/m0/s1. The third-order valence-electron chi connectivity index (χ3n) is 7.24. The van der Waals surface area contributed by atoms with Crippen molar-refractivity contribution in [2.24, 2.45) is 0 Å². The van der Waals surface area contributed by atoms with Gasteiger partial charge in [0, 0.05) is 19.6 Å². The molecule has 0 unspecified atom stereocenters. The SMILES string of the molecule is Oc1ccc2c(c1)CCCC(c1ccc(OC(F)F)cc1)=C2c1ccc(O[C@H]2CCN(CCCF)C2)cc1. The number of hydrogen-bond acceptors (Lipinski definition) is 4. The zero-order valence-electron chi connectivity index (χ0n) is 21.2. The molecular weight excluding hydrogens is 491 g/mol. The van der Waals surface area contributed by atoms with Gasteiger partial charge in [0.15, 0.2) is 0 Å². The lowest BCUT2D eigenvalue weighted by atomic mass is 9.88. The average molecular weight is 524 g/mol. The fourth-order valence-corrected chi connectivity index (χ4v) is 5.50. The Kier molecular flexibility index (Phi) is 8.23. The van der Waals surface area contributed by atoms with Crippen LogP contribution in [0, 0.1) is 0 Å². The molecule has 1 N–H and O–H groups in total. The van der Waals surface area contributed by atoms with Gasteiger partial charge >= 0.3 is 6.61 Å². The fraction of sp³-hybridized carbons (Fsp3) is 0.355. The molecule has 1 aliphatic heterocycles. The van der Waals surface area contributed by atoms with E-state index in [1.54, 1.807) is 18.2 Å². The number of phenols is 1. The lowest BCUT2D eigenvalue weighted by molar-refractivity contribution is -0.0498. The van der Waals surface area contributed by atoms with E-state index in [9.17, 15) is 18.3 Å². The summed E-state index contributed by atoms with van der Waals surface area (Å²) in [6, 6.07) is 20.3. The van der Waals surface area contributed by atoms with Crippen molar-refractivity contribution in [1.82, 2.24) is 4.90 Å². The molecule has 0 radical (unpaired) electrons. The van der Waals surface area contributed by atoms with Gasteiger partial charge in [-0.1, -0.05) is 30.3 Å². The molecule has 1 fully saturated rings. The van der Waals surface area contributed by atoms with Crippen molar-refractivity contribution in [1.29, 1.82) is 0 Å². The molecular formula is C31H32F3NO3. The van der Waals surface area contributed by atoms with Crippen LogP contribution in [0.5, 0.6) is 17.2 Å². The van der Waals surface area contributed by atoms with Gasteiger partial charge in [0.1, 0.15) is 23.4 Å². The number of ether oxygens (including phenoxy) is 2. The topological polar surface area (TPSA) is 41.9 Å². The first kappa shape index (κ1) is 26.2. The molecule has 0 aromatic heterocycles. The number of nitrogens with zero attached hydrogens (tertiary/aromatic N) is 1. The molecule has 0 bridgehead atoms. The minimum atomic E-state index is -2.86. The van der Waals surface area contributed by atoms with Crippen molar-refractivity contribution in [3.63, 3.8) is 0 Å². The smallest absolute Gasteiger partial charge is 0.387 e. The summed E-state index contributed by atoms with van der Waals surface area (Å²) < 4.78 is 48.6. The first-order valence-corrected chi connectivity index (χ1v) is 13.2. The second kappa shape index (κ2) is 11.9. The molecule has 4 nitrogen and oxygen atoms in total. The zero-order chi connectivity index (χ0) is 26.5. The lowest BCUT2D eigenvalue weighted by Gasteiger charge is -2.19. The molecule has 1 aliphatic carbocycles. The van der Waals surface area contributed by atoms with E-state index in [-0.39, 0.29) is 24.3 Å². The largest absolute Gasteiger partial charge is 0.508 e. The van der Waals surface area contributed by atoms with Crippen LogP contribution >= 0.6 is 0 Å². The lowest BCUT2D eigenvalue weighted by Crippen LogP contribution is -2.26. The Morgan fingerprint density at radius 3 is 2.39 bits per heavy atom. The fourth-order valence-electron chi connectivity index (χ4n) is 5.50. The Labute approximate surface area is 221 Å². The Bertz CT molecular complexity index is 1260. The summed E-state index contributed by atoms with van der Waals surface area (Å²) in [5, 5.41) is 10.1. The molecule has 3 aromatic rings. The maximum Gasteiger partial charge on any atom is 0.387 e. The van der Waals surface area contributed by atoms with Gasteiger partial charge in [-0.25, -0.2) is 0 Å². The van der Waals surface area contributed by atoms with Gasteiger partial charge in [-0.2, -0.15) is 8.78 Å². The number of rotatable bonds is 9. The molecule has 7 heteroatoms. The highest BCUT2D eigenvalue weighted by Crippen LogP contribution is 2.41. The van der Waals surface area contributed by atoms with Crippen LogP contribution in [0.4, 0.5) is 13.2 Å². The highest BCUT2D eigenvalue weighted by Gasteiger charge is 2.24. The molecule has 200 valence electrons. The molecule has 3 aromatic carbocycles. The second-order valence-electron chi connectivity index (χ2n) is 9.85. The van der Waals surface area contributed by atoms with Crippen molar-refractivity contribution in [3.8, 4) is 17.2 Å². The number of phenolic OH excluding ortho intramolecular Hbond substituents is 1. The van der Waals surface area contributed by atoms with Crippen LogP contribution in [0.2, 0.25) is 0 Å². The van der Waals surface area contributed by atoms with Gasteiger partial charge in [0.25, 0.3) is 0 Å². The minimum absolute atomic E-state index is 0.0887. The molecule has 5 rings (SSSR count). The Hall–Kier alpha value is -3.45. The van der Waals surface area contributed by atoms with Gasteiger partial charge in [0.05, 0.1) is 6.67 Å². The summed E-state index contributed by atoms with van der Waals surface area (Å²) in [6.45, 7) is -0.673.